The molecule has 2 amide bonds. The molecule has 0 saturated carbocycles. The van der Waals surface area contributed by atoms with E-state index in [4.69, 9.17) is 24.2 Å². The molecule has 1 aromatic carbocycles. The van der Waals surface area contributed by atoms with Gasteiger partial charge in [0, 0.05) is 18.3 Å². The number of hydrogen-bond acceptors (Lipinski definition) is 7. The molecule has 0 bridgehead atoms. The van der Waals surface area contributed by atoms with Crippen molar-refractivity contribution in [2.24, 2.45) is 0 Å². The van der Waals surface area contributed by atoms with Gasteiger partial charge in [-0.25, -0.2) is 9.78 Å². The van der Waals surface area contributed by atoms with E-state index in [0.29, 0.717) is 41.6 Å². The smallest absolute Gasteiger partial charge is 0.322 e. The summed E-state index contributed by atoms with van der Waals surface area (Å²) in [7, 11) is 4.53. The van der Waals surface area contributed by atoms with Crippen molar-refractivity contribution in [1.29, 1.82) is 5.26 Å². The number of benzene rings is 1. The Labute approximate surface area is 162 Å². The standard InChI is InChI=1S/C19H20N4O5/c1-25-15-7-13(8-16(26-2)17(15)27-3)22-19(24)23-10-14(11-23)28-18-12(9-20)5-4-6-21-18/h4-8,14H,10-11H2,1-3H3,(H,22,24). The Morgan fingerprint density at radius 3 is 2.46 bits per heavy atom. The fourth-order valence-corrected chi connectivity index (χ4v) is 2.76. The van der Waals surface area contributed by atoms with Crippen LogP contribution in [0.4, 0.5) is 10.5 Å². The summed E-state index contributed by atoms with van der Waals surface area (Å²) < 4.78 is 21.5. The van der Waals surface area contributed by atoms with E-state index < -0.39 is 0 Å². The van der Waals surface area contributed by atoms with Crippen molar-refractivity contribution >= 4 is 11.7 Å². The maximum atomic E-state index is 12.4. The van der Waals surface area contributed by atoms with Crippen LogP contribution in [0.5, 0.6) is 23.1 Å². The van der Waals surface area contributed by atoms with E-state index in [1.54, 1.807) is 35.4 Å². The van der Waals surface area contributed by atoms with Gasteiger partial charge in [0.25, 0.3) is 0 Å². The highest BCUT2D eigenvalue weighted by Crippen LogP contribution is 2.40. The van der Waals surface area contributed by atoms with Crippen molar-refractivity contribution in [3.8, 4) is 29.2 Å². The topological polar surface area (TPSA) is 106 Å². The molecule has 1 aliphatic rings. The number of carbonyl (C=O) groups excluding carboxylic acids is 1. The largest absolute Gasteiger partial charge is 0.493 e. The molecule has 0 spiro atoms. The number of likely N-dealkylation sites (tertiary alicyclic amines) is 1. The molecule has 9 nitrogen and oxygen atoms in total. The van der Waals surface area contributed by atoms with Gasteiger partial charge in [-0.05, 0) is 12.1 Å². The lowest BCUT2D eigenvalue weighted by molar-refractivity contribution is 0.0459. The second kappa shape index (κ2) is 8.35. The first-order valence-electron chi connectivity index (χ1n) is 8.47. The van der Waals surface area contributed by atoms with E-state index >= 15 is 0 Å². The zero-order valence-electron chi connectivity index (χ0n) is 15.8. The summed E-state index contributed by atoms with van der Waals surface area (Å²) in [6.07, 6.45) is 1.34. The highest BCUT2D eigenvalue weighted by Gasteiger charge is 2.33. The van der Waals surface area contributed by atoms with Crippen LogP contribution in [0, 0.1) is 11.3 Å². The van der Waals surface area contributed by atoms with E-state index in [9.17, 15) is 4.79 Å². The summed E-state index contributed by atoms with van der Waals surface area (Å²) in [6.45, 7) is 0.773. The molecule has 0 unspecified atom stereocenters. The normalized spacial score (nSPS) is 13.1. The summed E-state index contributed by atoms with van der Waals surface area (Å²) in [6, 6.07) is 8.36. The van der Waals surface area contributed by atoms with Gasteiger partial charge in [0.1, 0.15) is 17.7 Å². The van der Waals surface area contributed by atoms with Crippen LogP contribution in [0.15, 0.2) is 30.5 Å². The van der Waals surface area contributed by atoms with Crippen molar-refractivity contribution < 1.29 is 23.7 Å². The third kappa shape index (κ3) is 3.86. The monoisotopic (exact) mass is 384 g/mol. The molecular formula is C19H20N4O5. The maximum Gasteiger partial charge on any atom is 0.322 e. The molecule has 28 heavy (non-hydrogen) atoms. The minimum absolute atomic E-state index is 0.215. The lowest BCUT2D eigenvalue weighted by atomic mass is 10.2. The average molecular weight is 384 g/mol. The van der Waals surface area contributed by atoms with Crippen LogP contribution < -0.4 is 24.3 Å². The molecule has 1 saturated heterocycles. The first kappa shape index (κ1) is 19.1. The van der Waals surface area contributed by atoms with Gasteiger partial charge in [-0.15, -0.1) is 0 Å². The van der Waals surface area contributed by atoms with Gasteiger partial charge in [0.15, 0.2) is 11.5 Å². The van der Waals surface area contributed by atoms with Crippen molar-refractivity contribution in [2.45, 2.75) is 6.10 Å². The number of rotatable bonds is 6. The molecule has 1 aromatic heterocycles. The molecule has 0 atom stereocenters. The van der Waals surface area contributed by atoms with Gasteiger partial charge in [0.2, 0.25) is 11.6 Å². The van der Waals surface area contributed by atoms with Crippen molar-refractivity contribution in [2.75, 3.05) is 39.7 Å². The SMILES string of the molecule is COc1cc(NC(=O)N2CC(Oc3ncccc3C#N)C2)cc(OC)c1OC. The Morgan fingerprint density at radius 1 is 1.21 bits per heavy atom. The van der Waals surface area contributed by atoms with Crippen LogP contribution in [0.2, 0.25) is 0 Å². The lowest BCUT2D eigenvalue weighted by Crippen LogP contribution is -2.57. The van der Waals surface area contributed by atoms with Crippen LogP contribution in [0.1, 0.15) is 5.56 Å². The molecule has 1 N–H and O–H groups in total. The van der Waals surface area contributed by atoms with Gasteiger partial charge >= 0.3 is 6.03 Å². The van der Waals surface area contributed by atoms with Gasteiger partial charge in [-0.3, -0.25) is 0 Å². The number of amides is 2. The first-order chi connectivity index (χ1) is 13.6. The van der Waals surface area contributed by atoms with Crippen LogP contribution in [-0.4, -0.2) is 56.4 Å². The highest BCUT2D eigenvalue weighted by atomic mass is 16.5. The summed E-state index contributed by atoms with van der Waals surface area (Å²) in [5, 5.41) is 11.9. The number of urea groups is 1. The van der Waals surface area contributed by atoms with Crippen LogP contribution in [0.25, 0.3) is 0 Å². The number of aromatic nitrogens is 1. The fraction of sp³-hybridized carbons (Fsp3) is 0.316. The number of hydrogen-bond donors (Lipinski definition) is 1. The molecule has 1 fully saturated rings. The molecule has 0 aliphatic carbocycles. The predicted molar refractivity (Wildman–Crippen MR) is 100 cm³/mol. The van der Waals surface area contributed by atoms with E-state index in [1.807, 2.05) is 6.07 Å². The van der Waals surface area contributed by atoms with E-state index in [2.05, 4.69) is 10.3 Å². The quantitative estimate of drug-likeness (QED) is 0.814. The lowest BCUT2D eigenvalue weighted by Gasteiger charge is -2.38. The summed E-state index contributed by atoms with van der Waals surface area (Å²) in [4.78, 5) is 18.1. The number of ether oxygens (including phenoxy) is 4. The van der Waals surface area contributed by atoms with Crippen molar-refractivity contribution in [3.05, 3.63) is 36.0 Å². The average Bonchev–Trinajstić information content (AvgIpc) is 2.69. The third-order valence-electron chi connectivity index (χ3n) is 4.22. The van der Waals surface area contributed by atoms with Crippen LogP contribution in [0.3, 0.4) is 0 Å². The number of anilines is 1. The molecule has 1 aliphatic heterocycles. The molecular weight excluding hydrogens is 364 g/mol. The van der Waals surface area contributed by atoms with Crippen molar-refractivity contribution in [1.82, 2.24) is 9.88 Å². The summed E-state index contributed by atoms with van der Waals surface area (Å²) >= 11 is 0. The van der Waals surface area contributed by atoms with Crippen molar-refractivity contribution in [3.63, 3.8) is 0 Å². The molecule has 0 radical (unpaired) electrons. The van der Waals surface area contributed by atoms with Gasteiger partial charge in [-0.1, -0.05) is 0 Å². The Morgan fingerprint density at radius 2 is 1.89 bits per heavy atom. The molecule has 3 rings (SSSR count). The van der Waals surface area contributed by atoms with Crippen LogP contribution in [-0.2, 0) is 0 Å². The second-order valence-electron chi connectivity index (χ2n) is 5.96. The van der Waals surface area contributed by atoms with E-state index in [1.165, 1.54) is 21.3 Å². The second-order valence-corrected chi connectivity index (χ2v) is 5.96. The van der Waals surface area contributed by atoms with Gasteiger partial charge in [-0.2, -0.15) is 5.26 Å². The molecule has 2 aromatic rings. The summed E-state index contributed by atoms with van der Waals surface area (Å²) in [5.74, 6) is 1.62. The minimum atomic E-state index is -0.282. The first-order valence-corrected chi connectivity index (χ1v) is 8.47. The number of pyridine rings is 1. The van der Waals surface area contributed by atoms with E-state index in [0.717, 1.165) is 0 Å². The highest BCUT2D eigenvalue weighted by molar-refractivity contribution is 5.90. The number of methoxy groups -OCH3 is 3. The Kier molecular flexibility index (Phi) is 5.69. The van der Waals surface area contributed by atoms with Crippen LogP contribution >= 0.6 is 0 Å². The number of nitrogens with zero attached hydrogens (tertiary/aromatic N) is 3. The summed E-state index contributed by atoms with van der Waals surface area (Å²) in [5.41, 5.74) is 0.878. The fourth-order valence-electron chi connectivity index (χ4n) is 2.76. The molecule has 146 valence electrons. The maximum absolute atomic E-state index is 12.4. The Balaban J connectivity index is 1.61. The van der Waals surface area contributed by atoms with E-state index in [-0.39, 0.29) is 18.0 Å². The Hall–Kier alpha value is -3.67. The molecule has 9 heteroatoms. The number of carbonyl (C=O) groups is 1. The third-order valence-corrected chi connectivity index (χ3v) is 4.22. The van der Waals surface area contributed by atoms with Gasteiger partial charge < -0.3 is 29.2 Å². The van der Waals surface area contributed by atoms with Gasteiger partial charge in [0.05, 0.1) is 40.1 Å². The molecule has 2 heterocycles. The predicted octanol–water partition coefficient (Wildman–Crippen LogP) is 2.27. The Bertz CT molecular complexity index is 880. The minimum Gasteiger partial charge on any atom is -0.493 e. The zero-order chi connectivity index (χ0) is 20.1. The number of nitrogens with one attached hydrogen (secondary N) is 1. The zero-order valence-corrected chi connectivity index (χ0v) is 15.8. The number of nitriles is 1.